The van der Waals surface area contributed by atoms with Gasteiger partial charge in [0.1, 0.15) is 5.75 Å². The van der Waals surface area contributed by atoms with E-state index in [0.717, 1.165) is 16.8 Å². The van der Waals surface area contributed by atoms with E-state index in [0.29, 0.717) is 41.2 Å². The lowest BCUT2D eigenvalue weighted by Crippen LogP contribution is -2.27. The molecule has 9 heteroatoms. The quantitative estimate of drug-likeness (QED) is 0.303. The minimum absolute atomic E-state index is 0.0867. The van der Waals surface area contributed by atoms with Gasteiger partial charge in [0, 0.05) is 12.1 Å². The van der Waals surface area contributed by atoms with E-state index in [1.54, 1.807) is 21.3 Å². The minimum Gasteiger partial charge on any atom is -0.495 e. The molecule has 3 aromatic carbocycles. The summed E-state index contributed by atoms with van der Waals surface area (Å²) in [5.41, 5.74) is 2.77. The van der Waals surface area contributed by atoms with E-state index in [1.165, 1.54) is 11.8 Å². The van der Waals surface area contributed by atoms with Gasteiger partial charge in [-0.15, -0.1) is 10.2 Å². The summed E-state index contributed by atoms with van der Waals surface area (Å²) >= 11 is 1.33. The van der Waals surface area contributed by atoms with Crippen LogP contribution in [0.1, 0.15) is 5.56 Å². The van der Waals surface area contributed by atoms with E-state index in [4.69, 9.17) is 14.2 Å². The Balaban J connectivity index is 1.45. The number of nitrogens with zero attached hydrogens (tertiary/aromatic N) is 3. The highest BCUT2D eigenvalue weighted by molar-refractivity contribution is 7.99. The summed E-state index contributed by atoms with van der Waals surface area (Å²) in [4.78, 5) is 12.6. The molecule has 1 amide bonds. The number of thioether (sulfide) groups is 1. The van der Waals surface area contributed by atoms with E-state index in [-0.39, 0.29) is 11.7 Å². The molecule has 0 unspecified atom stereocenters. The van der Waals surface area contributed by atoms with E-state index in [1.807, 2.05) is 77.4 Å². The second-order valence-corrected chi connectivity index (χ2v) is 8.70. The number of amides is 1. The third-order valence-electron chi connectivity index (χ3n) is 5.51. The summed E-state index contributed by atoms with van der Waals surface area (Å²) in [5.74, 6) is 2.83. The van der Waals surface area contributed by atoms with Crippen molar-refractivity contribution in [3.8, 4) is 34.3 Å². The van der Waals surface area contributed by atoms with Crippen LogP contribution in [0.3, 0.4) is 0 Å². The minimum atomic E-state index is -0.0867. The molecule has 4 rings (SSSR count). The molecule has 0 fully saturated rings. The van der Waals surface area contributed by atoms with Crippen molar-refractivity contribution in [1.29, 1.82) is 0 Å². The number of rotatable bonds is 11. The van der Waals surface area contributed by atoms with Gasteiger partial charge in [-0.2, -0.15) is 0 Å². The first-order valence-electron chi connectivity index (χ1n) is 11.4. The van der Waals surface area contributed by atoms with Crippen LogP contribution in [0.2, 0.25) is 0 Å². The van der Waals surface area contributed by atoms with Crippen LogP contribution < -0.4 is 19.5 Å². The molecule has 0 bridgehead atoms. The Labute approximate surface area is 214 Å². The maximum atomic E-state index is 12.6. The van der Waals surface area contributed by atoms with Crippen molar-refractivity contribution in [2.75, 3.05) is 33.6 Å². The molecular weight excluding hydrogens is 476 g/mol. The molecule has 0 aliphatic carbocycles. The van der Waals surface area contributed by atoms with E-state index >= 15 is 0 Å². The SMILES string of the molecule is COc1ccc(CCNC(=O)CSc2nnc(-c3ccccc3)n2-c2ccccc2OC)cc1OC. The smallest absolute Gasteiger partial charge is 0.230 e. The summed E-state index contributed by atoms with van der Waals surface area (Å²) in [5, 5.41) is 12.4. The molecule has 8 nitrogen and oxygen atoms in total. The van der Waals surface area contributed by atoms with Gasteiger partial charge in [-0.05, 0) is 36.2 Å². The molecule has 1 N–H and O–H groups in total. The monoisotopic (exact) mass is 504 g/mol. The highest BCUT2D eigenvalue weighted by atomic mass is 32.2. The number of carbonyl (C=O) groups excluding carboxylic acids is 1. The van der Waals surface area contributed by atoms with Crippen molar-refractivity contribution in [1.82, 2.24) is 20.1 Å². The first-order chi connectivity index (χ1) is 17.6. The summed E-state index contributed by atoms with van der Waals surface area (Å²) in [6, 6.07) is 23.2. The molecule has 36 heavy (non-hydrogen) atoms. The van der Waals surface area contributed by atoms with Crippen LogP contribution in [0.25, 0.3) is 17.1 Å². The van der Waals surface area contributed by atoms with Crippen LogP contribution in [-0.2, 0) is 11.2 Å². The topological polar surface area (TPSA) is 87.5 Å². The normalized spacial score (nSPS) is 10.6. The fourth-order valence-corrected chi connectivity index (χ4v) is 4.51. The Bertz CT molecular complexity index is 1310. The van der Waals surface area contributed by atoms with E-state index in [9.17, 15) is 4.79 Å². The average Bonchev–Trinajstić information content (AvgIpc) is 3.36. The number of hydrogen-bond donors (Lipinski definition) is 1. The second kappa shape index (κ2) is 12.1. The van der Waals surface area contributed by atoms with E-state index in [2.05, 4.69) is 15.5 Å². The number of ether oxygens (including phenoxy) is 3. The summed E-state index contributed by atoms with van der Waals surface area (Å²) in [7, 11) is 4.84. The fourth-order valence-electron chi connectivity index (χ4n) is 3.73. The molecule has 0 saturated carbocycles. The highest BCUT2D eigenvalue weighted by Gasteiger charge is 2.19. The van der Waals surface area contributed by atoms with Gasteiger partial charge in [0.05, 0.1) is 32.8 Å². The van der Waals surface area contributed by atoms with Gasteiger partial charge in [-0.25, -0.2) is 0 Å². The Morgan fingerprint density at radius 1 is 0.861 bits per heavy atom. The van der Waals surface area contributed by atoms with Crippen molar-refractivity contribution in [2.24, 2.45) is 0 Å². The maximum absolute atomic E-state index is 12.6. The van der Waals surface area contributed by atoms with Crippen LogP contribution in [0, 0.1) is 0 Å². The first-order valence-corrected chi connectivity index (χ1v) is 12.4. The first kappa shape index (κ1) is 25.1. The highest BCUT2D eigenvalue weighted by Crippen LogP contribution is 2.32. The lowest BCUT2D eigenvalue weighted by atomic mass is 10.1. The van der Waals surface area contributed by atoms with Crippen LogP contribution in [0.15, 0.2) is 78.0 Å². The molecular formula is C27H28N4O4S. The summed E-state index contributed by atoms with van der Waals surface area (Å²) < 4.78 is 18.1. The van der Waals surface area contributed by atoms with Crippen LogP contribution >= 0.6 is 11.8 Å². The molecule has 0 aliphatic rings. The molecule has 4 aromatic rings. The average molecular weight is 505 g/mol. The van der Waals surface area contributed by atoms with Crippen molar-refractivity contribution in [3.05, 3.63) is 78.4 Å². The van der Waals surface area contributed by atoms with E-state index < -0.39 is 0 Å². The van der Waals surface area contributed by atoms with Gasteiger partial charge in [0.15, 0.2) is 22.5 Å². The lowest BCUT2D eigenvalue weighted by molar-refractivity contribution is -0.118. The third kappa shape index (κ3) is 5.80. The van der Waals surface area contributed by atoms with Crippen molar-refractivity contribution in [3.63, 3.8) is 0 Å². The predicted molar refractivity (Wildman–Crippen MR) is 140 cm³/mol. The zero-order valence-corrected chi connectivity index (χ0v) is 21.2. The largest absolute Gasteiger partial charge is 0.495 e. The molecule has 0 spiro atoms. The standard InChI is InChI=1S/C27H28N4O4S/c1-33-22-12-8-7-11-21(22)31-26(20-9-5-4-6-10-20)29-30-27(31)36-18-25(32)28-16-15-19-13-14-23(34-2)24(17-19)35-3/h4-14,17H,15-16,18H2,1-3H3,(H,28,32). The number of hydrogen-bond acceptors (Lipinski definition) is 7. The van der Waals surface area contributed by atoms with Crippen molar-refractivity contribution >= 4 is 17.7 Å². The van der Waals surface area contributed by atoms with Gasteiger partial charge in [0.2, 0.25) is 5.91 Å². The molecule has 0 atom stereocenters. The molecule has 186 valence electrons. The summed E-state index contributed by atoms with van der Waals surface area (Å²) in [6.45, 7) is 0.503. The fraction of sp³-hybridized carbons (Fsp3) is 0.222. The Morgan fingerprint density at radius 2 is 1.58 bits per heavy atom. The van der Waals surface area contributed by atoms with Gasteiger partial charge in [0.25, 0.3) is 0 Å². The predicted octanol–water partition coefficient (Wildman–Crippen LogP) is 4.41. The number of carbonyl (C=O) groups is 1. The number of para-hydroxylation sites is 2. The molecule has 0 radical (unpaired) electrons. The van der Waals surface area contributed by atoms with Gasteiger partial charge >= 0.3 is 0 Å². The summed E-state index contributed by atoms with van der Waals surface area (Å²) in [6.07, 6.45) is 0.673. The Morgan fingerprint density at radius 3 is 2.33 bits per heavy atom. The molecule has 0 saturated heterocycles. The van der Waals surface area contributed by atoms with Crippen LogP contribution in [0.4, 0.5) is 0 Å². The second-order valence-electron chi connectivity index (χ2n) is 7.76. The zero-order chi connectivity index (χ0) is 25.3. The lowest BCUT2D eigenvalue weighted by Gasteiger charge is -2.14. The van der Waals surface area contributed by atoms with Gasteiger partial charge in [-0.3, -0.25) is 9.36 Å². The van der Waals surface area contributed by atoms with Gasteiger partial charge in [-0.1, -0.05) is 60.3 Å². The van der Waals surface area contributed by atoms with Crippen molar-refractivity contribution < 1.29 is 19.0 Å². The molecule has 0 aliphatic heterocycles. The molecule has 1 aromatic heterocycles. The maximum Gasteiger partial charge on any atom is 0.230 e. The Kier molecular flexibility index (Phi) is 8.46. The number of aromatic nitrogens is 3. The van der Waals surface area contributed by atoms with Crippen molar-refractivity contribution in [2.45, 2.75) is 11.6 Å². The van der Waals surface area contributed by atoms with Crippen LogP contribution in [-0.4, -0.2) is 54.3 Å². The number of methoxy groups -OCH3 is 3. The van der Waals surface area contributed by atoms with Crippen LogP contribution in [0.5, 0.6) is 17.2 Å². The number of nitrogens with one attached hydrogen (secondary N) is 1. The Hall–Kier alpha value is -3.98. The van der Waals surface area contributed by atoms with Gasteiger partial charge < -0.3 is 19.5 Å². The third-order valence-corrected chi connectivity index (χ3v) is 6.44. The molecule has 1 heterocycles. The number of benzene rings is 3. The zero-order valence-electron chi connectivity index (χ0n) is 20.4.